The van der Waals surface area contributed by atoms with Gasteiger partial charge in [-0.3, -0.25) is 9.78 Å². The third kappa shape index (κ3) is 3.31. The summed E-state index contributed by atoms with van der Waals surface area (Å²) in [5.74, 6) is 0.259. The molecule has 2 aliphatic heterocycles. The van der Waals surface area contributed by atoms with Crippen LogP contribution in [0.25, 0.3) is 0 Å². The summed E-state index contributed by atoms with van der Waals surface area (Å²) in [4.78, 5) is 19.9. The summed E-state index contributed by atoms with van der Waals surface area (Å²) >= 11 is 0. The lowest BCUT2D eigenvalue weighted by molar-refractivity contribution is 0.171. The molecule has 0 spiro atoms. The smallest absolute Gasteiger partial charge is 0.288 e. The number of anilines is 1. The molecule has 2 aromatic rings. The van der Waals surface area contributed by atoms with Gasteiger partial charge in [0.05, 0.1) is 10.6 Å². The molecular weight excluding hydrogens is 391 g/mol. The van der Waals surface area contributed by atoms with Crippen LogP contribution in [-0.4, -0.2) is 62.1 Å². The quantitative estimate of drug-likeness (QED) is 0.786. The van der Waals surface area contributed by atoms with E-state index in [0.717, 1.165) is 0 Å². The summed E-state index contributed by atoms with van der Waals surface area (Å²) in [6, 6.07) is 4.56. The molecule has 1 aromatic heterocycles. The van der Waals surface area contributed by atoms with Crippen molar-refractivity contribution in [2.45, 2.75) is 11.8 Å². The van der Waals surface area contributed by atoms with Gasteiger partial charge in [0.25, 0.3) is 5.56 Å². The highest BCUT2D eigenvalue weighted by molar-refractivity contribution is 7.89. The lowest BCUT2D eigenvalue weighted by Gasteiger charge is -2.34. The van der Waals surface area contributed by atoms with Crippen LogP contribution < -0.4 is 19.9 Å². The van der Waals surface area contributed by atoms with Crippen LogP contribution in [0.1, 0.15) is 5.69 Å². The summed E-state index contributed by atoms with van der Waals surface area (Å²) < 4.78 is 51.6. The highest BCUT2D eigenvalue weighted by Crippen LogP contribution is 2.33. The minimum absolute atomic E-state index is 0.00470. The molecule has 0 radical (unpaired) electrons. The molecule has 0 aliphatic carbocycles. The zero-order chi connectivity index (χ0) is 19.9. The van der Waals surface area contributed by atoms with E-state index in [9.17, 15) is 17.6 Å². The second kappa shape index (κ2) is 7.06. The van der Waals surface area contributed by atoms with E-state index in [0.29, 0.717) is 37.8 Å². The standard InChI is InChI=1S/C17H19FN4O5S/c1-11-15(18)16(23)20-17(19-11)21-4-6-22(7-5-21)28(24,25)12-2-3-13-14(10-12)27-9-8-26-13/h2-3,10H,4-9H2,1H3,(H,19,20,23). The van der Waals surface area contributed by atoms with E-state index in [2.05, 4.69) is 9.97 Å². The number of sulfonamides is 1. The average molecular weight is 410 g/mol. The highest BCUT2D eigenvalue weighted by atomic mass is 32.2. The maximum Gasteiger partial charge on any atom is 0.288 e. The molecule has 1 fully saturated rings. The molecule has 0 bridgehead atoms. The Morgan fingerprint density at radius 1 is 1.11 bits per heavy atom. The number of fused-ring (bicyclic) bond motifs is 1. The lowest BCUT2D eigenvalue weighted by Crippen LogP contribution is -2.49. The van der Waals surface area contributed by atoms with E-state index in [1.165, 1.54) is 23.4 Å². The summed E-state index contributed by atoms with van der Waals surface area (Å²) in [6.07, 6.45) is 0. The number of aryl methyl sites for hydroxylation is 1. The highest BCUT2D eigenvalue weighted by Gasteiger charge is 2.30. The Hall–Kier alpha value is -2.66. The van der Waals surface area contributed by atoms with E-state index in [4.69, 9.17) is 9.47 Å². The number of nitrogens with one attached hydrogen (secondary N) is 1. The Balaban J connectivity index is 1.51. The van der Waals surface area contributed by atoms with Crippen molar-refractivity contribution in [2.24, 2.45) is 0 Å². The molecule has 28 heavy (non-hydrogen) atoms. The molecule has 0 saturated carbocycles. The predicted molar refractivity (Wildman–Crippen MR) is 98.0 cm³/mol. The van der Waals surface area contributed by atoms with Crippen LogP contribution >= 0.6 is 0 Å². The first-order valence-electron chi connectivity index (χ1n) is 8.77. The molecule has 3 heterocycles. The maximum atomic E-state index is 13.5. The van der Waals surface area contributed by atoms with E-state index in [1.54, 1.807) is 11.0 Å². The molecule has 0 unspecified atom stereocenters. The van der Waals surface area contributed by atoms with Gasteiger partial charge in [-0.1, -0.05) is 0 Å². The zero-order valence-electron chi connectivity index (χ0n) is 15.1. The van der Waals surface area contributed by atoms with Crippen molar-refractivity contribution in [2.75, 3.05) is 44.3 Å². The van der Waals surface area contributed by atoms with Crippen molar-refractivity contribution in [3.05, 3.63) is 40.1 Å². The number of rotatable bonds is 3. The van der Waals surface area contributed by atoms with Crippen molar-refractivity contribution in [1.29, 1.82) is 0 Å². The van der Waals surface area contributed by atoms with Gasteiger partial charge in [-0.15, -0.1) is 0 Å². The fourth-order valence-electron chi connectivity index (χ4n) is 3.18. The number of benzene rings is 1. The van der Waals surface area contributed by atoms with Crippen molar-refractivity contribution >= 4 is 16.0 Å². The molecule has 4 rings (SSSR count). The minimum Gasteiger partial charge on any atom is -0.486 e. The average Bonchev–Trinajstić information content (AvgIpc) is 2.71. The third-order valence-electron chi connectivity index (χ3n) is 4.71. The molecule has 1 saturated heterocycles. The molecule has 0 atom stereocenters. The second-order valence-electron chi connectivity index (χ2n) is 6.49. The van der Waals surface area contributed by atoms with Crippen LogP contribution in [0, 0.1) is 12.7 Å². The van der Waals surface area contributed by atoms with Crippen LogP contribution in [0.2, 0.25) is 0 Å². The van der Waals surface area contributed by atoms with Crippen molar-refractivity contribution in [3.8, 4) is 11.5 Å². The van der Waals surface area contributed by atoms with Gasteiger partial charge in [0.2, 0.25) is 21.8 Å². The molecule has 0 amide bonds. The summed E-state index contributed by atoms with van der Waals surface area (Å²) in [6.45, 7) is 3.26. The SMILES string of the molecule is Cc1nc(N2CCN(S(=O)(=O)c3ccc4c(c3)OCCO4)CC2)[nH]c(=O)c1F. The molecule has 9 nitrogen and oxygen atoms in total. The second-order valence-corrected chi connectivity index (χ2v) is 8.42. The monoisotopic (exact) mass is 410 g/mol. The first kappa shape index (κ1) is 18.7. The van der Waals surface area contributed by atoms with E-state index < -0.39 is 21.4 Å². The fraction of sp³-hybridized carbons (Fsp3) is 0.412. The van der Waals surface area contributed by atoms with Crippen LogP contribution in [0.4, 0.5) is 10.3 Å². The Bertz CT molecular complexity index is 1060. The Morgan fingerprint density at radius 2 is 1.79 bits per heavy atom. The Labute approximate surface area is 160 Å². The number of aromatic nitrogens is 2. The number of aromatic amines is 1. The van der Waals surface area contributed by atoms with Gasteiger partial charge in [0.15, 0.2) is 11.5 Å². The molecule has 1 N–H and O–H groups in total. The zero-order valence-corrected chi connectivity index (χ0v) is 16.0. The van der Waals surface area contributed by atoms with Crippen LogP contribution in [-0.2, 0) is 10.0 Å². The van der Waals surface area contributed by atoms with Crippen molar-refractivity contribution < 1.29 is 22.3 Å². The number of halogens is 1. The van der Waals surface area contributed by atoms with Gasteiger partial charge in [-0.25, -0.2) is 13.4 Å². The summed E-state index contributed by atoms with van der Waals surface area (Å²) in [5.41, 5.74) is -0.834. The Kier molecular flexibility index (Phi) is 4.71. The van der Waals surface area contributed by atoms with Crippen LogP contribution in [0.3, 0.4) is 0 Å². The number of nitrogens with zero attached hydrogens (tertiary/aromatic N) is 3. The largest absolute Gasteiger partial charge is 0.486 e. The predicted octanol–water partition coefficient (Wildman–Crippen LogP) is 0.500. The van der Waals surface area contributed by atoms with Crippen LogP contribution in [0.5, 0.6) is 11.5 Å². The number of H-pyrrole nitrogens is 1. The minimum atomic E-state index is -3.71. The van der Waals surface area contributed by atoms with Crippen LogP contribution in [0.15, 0.2) is 27.9 Å². The third-order valence-corrected chi connectivity index (χ3v) is 6.60. The topological polar surface area (TPSA) is 105 Å². The molecule has 11 heteroatoms. The maximum absolute atomic E-state index is 13.5. The lowest BCUT2D eigenvalue weighted by atomic mass is 10.3. The first-order valence-corrected chi connectivity index (χ1v) is 10.2. The van der Waals surface area contributed by atoms with E-state index in [1.807, 2.05) is 0 Å². The van der Waals surface area contributed by atoms with E-state index >= 15 is 0 Å². The van der Waals surface area contributed by atoms with Gasteiger partial charge in [-0.2, -0.15) is 8.70 Å². The van der Waals surface area contributed by atoms with Gasteiger partial charge >= 0.3 is 0 Å². The number of hydrogen-bond acceptors (Lipinski definition) is 7. The molecule has 150 valence electrons. The van der Waals surface area contributed by atoms with Gasteiger partial charge in [-0.05, 0) is 19.1 Å². The van der Waals surface area contributed by atoms with Gasteiger partial charge in [0.1, 0.15) is 13.2 Å². The summed E-state index contributed by atoms with van der Waals surface area (Å²) in [7, 11) is -3.71. The Morgan fingerprint density at radius 3 is 2.46 bits per heavy atom. The number of hydrogen-bond donors (Lipinski definition) is 1. The van der Waals surface area contributed by atoms with E-state index in [-0.39, 0.29) is 29.6 Å². The van der Waals surface area contributed by atoms with Crippen molar-refractivity contribution in [3.63, 3.8) is 0 Å². The number of ether oxygens (including phenoxy) is 2. The van der Waals surface area contributed by atoms with Gasteiger partial charge < -0.3 is 14.4 Å². The van der Waals surface area contributed by atoms with Crippen molar-refractivity contribution in [1.82, 2.24) is 14.3 Å². The fourth-order valence-corrected chi connectivity index (χ4v) is 4.62. The molecule has 2 aliphatic rings. The molecule has 1 aromatic carbocycles. The van der Waals surface area contributed by atoms with Gasteiger partial charge in [0, 0.05) is 32.2 Å². The first-order chi connectivity index (χ1) is 13.4. The number of piperazine rings is 1. The molecular formula is C17H19FN4O5S. The normalized spacial score (nSPS) is 17.6. The summed E-state index contributed by atoms with van der Waals surface area (Å²) in [5, 5.41) is 0.